The Morgan fingerprint density at radius 2 is 1.72 bits per heavy atom. The highest BCUT2D eigenvalue weighted by molar-refractivity contribution is 7.86. The van der Waals surface area contributed by atoms with E-state index in [1.54, 1.807) is 4.90 Å². The van der Waals surface area contributed by atoms with Crippen LogP contribution in [-0.4, -0.2) is 68.1 Å². The summed E-state index contributed by atoms with van der Waals surface area (Å²) in [7, 11) is -0.314. The zero-order valence-corrected chi connectivity index (χ0v) is 12.4. The highest BCUT2D eigenvalue weighted by Gasteiger charge is 2.28. The van der Waals surface area contributed by atoms with Crippen LogP contribution in [0.5, 0.6) is 0 Å². The minimum atomic E-state index is -3.36. The SMILES string of the molecule is CC(C)C(=O)N1CCCN(S(=O)(=O)N(C)C)CC1. The molecule has 0 saturated carbocycles. The largest absolute Gasteiger partial charge is 0.341 e. The Labute approximate surface area is 110 Å². The van der Waals surface area contributed by atoms with Gasteiger partial charge in [-0.05, 0) is 6.42 Å². The molecule has 0 atom stereocenters. The van der Waals surface area contributed by atoms with Crippen molar-refractivity contribution in [2.45, 2.75) is 20.3 Å². The van der Waals surface area contributed by atoms with Crippen LogP contribution < -0.4 is 0 Å². The molecule has 0 radical (unpaired) electrons. The summed E-state index contributed by atoms with van der Waals surface area (Å²) in [5.41, 5.74) is 0. The standard InChI is InChI=1S/C11H23N3O3S/c1-10(2)11(15)13-6-5-7-14(9-8-13)18(16,17)12(3)4/h10H,5-9H2,1-4H3. The minimum Gasteiger partial charge on any atom is -0.341 e. The zero-order chi connectivity index (χ0) is 13.9. The van der Waals surface area contributed by atoms with Gasteiger partial charge in [-0.1, -0.05) is 13.8 Å². The first-order valence-corrected chi connectivity index (χ1v) is 7.63. The van der Waals surface area contributed by atoms with Crippen LogP contribution in [0, 0.1) is 5.92 Å². The molecule has 1 saturated heterocycles. The van der Waals surface area contributed by atoms with Gasteiger partial charge in [0.2, 0.25) is 5.91 Å². The van der Waals surface area contributed by atoms with Crippen molar-refractivity contribution < 1.29 is 13.2 Å². The lowest BCUT2D eigenvalue weighted by Crippen LogP contribution is -2.43. The van der Waals surface area contributed by atoms with Crippen molar-refractivity contribution in [1.82, 2.24) is 13.5 Å². The summed E-state index contributed by atoms with van der Waals surface area (Å²) in [4.78, 5) is 13.6. The number of nitrogens with zero attached hydrogens (tertiary/aromatic N) is 3. The number of hydrogen-bond donors (Lipinski definition) is 0. The van der Waals surface area contributed by atoms with Crippen LogP contribution >= 0.6 is 0 Å². The zero-order valence-electron chi connectivity index (χ0n) is 11.6. The second-order valence-electron chi connectivity index (χ2n) is 5.02. The molecule has 1 rings (SSSR count). The highest BCUT2D eigenvalue weighted by atomic mass is 32.2. The van der Waals surface area contributed by atoms with Crippen molar-refractivity contribution >= 4 is 16.1 Å². The number of carbonyl (C=O) groups is 1. The Hall–Kier alpha value is -0.660. The summed E-state index contributed by atoms with van der Waals surface area (Å²) in [6, 6.07) is 0. The van der Waals surface area contributed by atoms with Gasteiger partial charge in [0.05, 0.1) is 0 Å². The minimum absolute atomic E-state index is 0.0398. The van der Waals surface area contributed by atoms with Gasteiger partial charge in [-0.25, -0.2) is 0 Å². The van der Waals surface area contributed by atoms with Crippen molar-refractivity contribution in [2.75, 3.05) is 40.3 Å². The fourth-order valence-electron chi connectivity index (χ4n) is 1.94. The number of rotatable bonds is 3. The number of amides is 1. The third-order valence-electron chi connectivity index (χ3n) is 3.05. The first kappa shape index (κ1) is 15.4. The lowest BCUT2D eigenvalue weighted by molar-refractivity contribution is -0.134. The van der Waals surface area contributed by atoms with Gasteiger partial charge >= 0.3 is 0 Å². The van der Waals surface area contributed by atoms with E-state index in [4.69, 9.17) is 0 Å². The average Bonchev–Trinajstić information content (AvgIpc) is 2.53. The Morgan fingerprint density at radius 3 is 2.22 bits per heavy atom. The molecule has 1 aliphatic heterocycles. The molecular formula is C11H23N3O3S. The number of carbonyl (C=O) groups excluding carboxylic acids is 1. The Bertz CT molecular complexity index is 392. The predicted molar refractivity (Wildman–Crippen MR) is 70.2 cm³/mol. The van der Waals surface area contributed by atoms with Crippen LogP contribution in [0.2, 0.25) is 0 Å². The van der Waals surface area contributed by atoms with E-state index < -0.39 is 10.2 Å². The van der Waals surface area contributed by atoms with Crippen LogP contribution in [0.25, 0.3) is 0 Å². The maximum atomic E-state index is 12.0. The third-order valence-corrected chi connectivity index (χ3v) is 4.99. The van der Waals surface area contributed by atoms with E-state index in [2.05, 4.69) is 0 Å². The van der Waals surface area contributed by atoms with E-state index in [-0.39, 0.29) is 11.8 Å². The Balaban J connectivity index is 2.71. The van der Waals surface area contributed by atoms with E-state index in [0.29, 0.717) is 32.6 Å². The molecule has 1 fully saturated rings. The van der Waals surface area contributed by atoms with Gasteiger partial charge in [-0.15, -0.1) is 0 Å². The highest BCUT2D eigenvalue weighted by Crippen LogP contribution is 2.12. The molecule has 1 amide bonds. The van der Waals surface area contributed by atoms with E-state index in [1.165, 1.54) is 22.7 Å². The van der Waals surface area contributed by atoms with Gasteiger partial charge in [0.25, 0.3) is 10.2 Å². The van der Waals surface area contributed by atoms with Crippen LogP contribution in [0.4, 0.5) is 0 Å². The van der Waals surface area contributed by atoms with Crippen molar-refractivity contribution in [3.05, 3.63) is 0 Å². The molecule has 0 bridgehead atoms. The fourth-order valence-corrected chi connectivity index (χ4v) is 3.08. The molecular weight excluding hydrogens is 254 g/mol. The van der Waals surface area contributed by atoms with Crippen molar-refractivity contribution in [2.24, 2.45) is 5.92 Å². The average molecular weight is 277 g/mol. The van der Waals surface area contributed by atoms with E-state index in [9.17, 15) is 13.2 Å². The van der Waals surface area contributed by atoms with Crippen molar-refractivity contribution in [3.63, 3.8) is 0 Å². The monoisotopic (exact) mass is 277 g/mol. The molecule has 0 aliphatic carbocycles. The van der Waals surface area contributed by atoms with Crippen LogP contribution in [0.15, 0.2) is 0 Å². The molecule has 0 spiro atoms. The van der Waals surface area contributed by atoms with Gasteiger partial charge in [-0.3, -0.25) is 4.79 Å². The summed E-state index contributed by atoms with van der Waals surface area (Å²) in [5.74, 6) is 0.0566. The quantitative estimate of drug-likeness (QED) is 0.728. The molecule has 1 aliphatic rings. The summed E-state index contributed by atoms with van der Waals surface area (Å²) in [6.07, 6.45) is 0.686. The lowest BCUT2D eigenvalue weighted by atomic mass is 10.2. The molecule has 0 aromatic rings. The molecule has 106 valence electrons. The Kier molecular flexibility index (Phi) is 5.12. The summed E-state index contributed by atoms with van der Waals surface area (Å²) in [6.45, 7) is 5.69. The van der Waals surface area contributed by atoms with Gasteiger partial charge in [0.1, 0.15) is 0 Å². The molecule has 7 heteroatoms. The normalized spacial score (nSPS) is 19.3. The molecule has 6 nitrogen and oxygen atoms in total. The van der Waals surface area contributed by atoms with Crippen LogP contribution in [0.1, 0.15) is 20.3 Å². The van der Waals surface area contributed by atoms with E-state index in [0.717, 1.165) is 0 Å². The predicted octanol–water partition coefficient (Wildman–Crippen LogP) is -0.0169. The second kappa shape index (κ2) is 5.99. The molecule has 0 N–H and O–H groups in total. The topological polar surface area (TPSA) is 60.9 Å². The van der Waals surface area contributed by atoms with Gasteiger partial charge in [0.15, 0.2) is 0 Å². The maximum absolute atomic E-state index is 12.0. The van der Waals surface area contributed by atoms with E-state index in [1.807, 2.05) is 13.8 Å². The summed E-state index contributed by atoms with van der Waals surface area (Å²) in [5, 5.41) is 0. The lowest BCUT2D eigenvalue weighted by Gasteiger charge is -2.25. The van der Waals surface area contributed by atoms with Crippen LogP contribution in [0.3, 0.4) is 0 Å². The van der Waals surface area contributed by atoms with Crippen LogP contribution in [-0.2, 0) is 15.0 Å². The van der Waals surface area contributed by atoms with Gasteiger partial charge in [-0.2, -0.15) is 17.0 Å². The third kappa shape index (κ3) is 3.43. The smallest absolute Gasteiger partial charge is 0.281 e. The van der Waals surface area contributed by atoms with Gasteiger partial charge in [0, 0.05) is 46.2 Å². The second-order valence-corrected chi connectivity index (χ2v) is 7.17. The first-order valence-electron chi connectivity index (χ1n) is 6.23. The van der Waals surface area contributed by atoms with Crippen molar-refractivity contribution in [3.8, 4) is 0 Å². The molecule has 0 unspecified atom stereocenters. The Morgan fingerprint density at radius 1 is 1.11 bits per heavy atom. The summed E-state index contributed by atoms with van der Waals surface area (Å²) >= 11 is 0. The molecule has 0 aromatic carbocycles. The summed E-state index contributed by atoms with van der Waals surface area (Å²) < 4.78 is 26.7. The number of hydrogen-bond acceptors (Lipinski definition) is 3. The fraction of sp³-hybridized carbons (Fsp3) is 0.909. The molecule has 18 heavy (non-hydrogen) atoms. The first-order chi connectivity index (χ1) is 8.26. The van der Waals surface area contributed by atoms with Crippen molar-refractivity contribution in [1.29, 1.82) is 0 Å². The van der Waals surface area contributed by atoms with E-state index >= 15 is 0 Å². The van der Waals surface area contributed by atoms with Gasteiger partial charge < -0.3 is 4.90 Å². The molecule has 1 heterocycles. The maximum Gasteiger partial charge on any atom is 0.281 e. The molecule has 0 aromatic heterocycles.